The van der Waals surface area contributed by atoms with Crippen LogP contribution in [0.15, 0.2) is 55.0 Å². The number of nitrogens with one attached hydrogen (secondary N) is 1. The van der Waals surface area contributed by atoms with Crippen LogP contribution in [0, 0.1) is 12.8 Å². The summed E-state index contributed by atoms with van der Waals surface area (Å²) in [6.07, 6.45) is 0.442. The van der Waals surface area contributed by atoms with Gasteiger partial charge in [0, 0.05) is 61.8 Å². The van der Waals surface area contributed by atoms with Gasteiger partial charge in [-0.1, -0.05) is 18.2 Å². The lowest BCUT2D eigenvalue weighted by Crippen LogP contribution is -2.48. The van der Waals surface area contributed by atoms with Gasteiger partial charge in [0.15, 0.2) is 0 Å². The Hall–Kier alpha value is -3.66. The molecular weight excluding hydrogens is 483 g/mol. The van der Waals surface area contributed by atoms with Crippen LogP contribution in [0.5, 0.6) is 0 Å². The van der Waals surface area contributed by atoms with Gasteiger partial charge >= 0.3 is 6.18 Å². The summed E-state index contributed by atoms with van der Waals surface area (Å²) < 4.78 is 42.3. The summed E-state index contributed by atoms with van der Waals surface area (Å²) in [5.74, 6) is -0.0406. The number of anilines is 1. The molecule has 37 heavy (non-hydrogen) atoms. The van der Waals surface area contributed by atoms with Gasteiger partial charge in [0.1, 0.15) is 0 Å². The predicted octanol–water partition coefficient (Wildman–Crippen LogP) is 4.51. The van der Waals surface area contributed by atoms with Crippen LogP contribution in [-0.2, 0) is 17.5 Å². The maximum atomic E-state index is 13.6. The van der Waals surface area contributed by atoms with Crippen molar-refractivity contribution in [1.29, 1.82) is 0 Å². The number of benzene rings is 2. The number of carbonyl (C=O) groups excluding carboxylic acids is 2. The zero-order chi connectivity index (χ0) is 26.2. The molecule has 1 saturated heterocycles. The minimum atomic E-state index is -4.58. The molecule has 2 fully saturated rings. The van der Waals surface area contributed by atoms with Crippen molar-refractivity contribution in [2.45, 2.75) is 32.5 Å². The standard InChI is InChI=1S/C27H28F3N5O2/c1-18-15-35(17-31-18)23-13-21(27(28,29)30)12-22(14-23)32-25(36)24-5-3-2-4-20(24)16-33-8-10-34(11-9-33)26(37)19-6-7-19/h2-5,12-15,17,19H,6-11,16H2,1H3,(H,32,36). The number of aromatic nitrogens is 2. The number of rotatable bonds is 6. The lowest BCUT2D eigenvalue weighted by atomic mass is 10.1. The lowest BCUT2D eigenvalue weighted by Gasteiger charge is -2.35. The molecule has 194 valence electrons. The maximum absolute atomic E-state index is 13.6. The largest absolute Gasteiger partial charge is 0.416 e. The number of carbonyl (C=O) groups is 2. The van der Waals surface area contributed by atoms with Crippen LogP contribution in [0.2, 0.25) is 0 Å². The Morgan fingerprint density at radius 1 is 1.05 bits per heavy atom. The van der Waals surface area contributed by atoms with Crippen LogP contribution in [-0.4, -0.2) is 57.3 Å². The molecule has 0 unspecified atom stereocenters. The normalized spacial score (nSPS) is 16.6. The minimum Gasteiger partial charge on any atom is -0.340 e. The van der Waals surface area contributed by atoms with E-state index in [0.29, 0.717) is 44.0 Å². The second kappa shape index (κ2) is 10.0. The van der Waals surface area contributed by atoms with Crippen molar-refractivity contribution in [3.63, 3.8) is 0 Å². The monoisotopic (exact) mass is 511 g/mol. The average Bonchev–Trinajstić information content (AvgIpc) is 3.63. The number of piperazine rings is 1. The quantitative estimate of drug-likeness (QED) is 0.529. The third-order valence-corrected chi connectivity index (χ3v) is 6.78. The van der Waals surface area contributed by atoms with Crippen molar-refractivity contribution in [1.82, 2.24) is 19.4 Å². The fraction of sp³-hybridized carbons (Fsp3) is 0.370. The number of imidazole rings is 1. The Morgan fingerprint density at radius 3 is 2.43 bits per heavy atom. The smallest absolute Gasteiger partial charge is 0.340 e. The molecule has 1 aromatic heterocycles. The minimum absolute atomic E-state index is 0.0446. The summed E-state index contributed by atoms with van der Waals surface area (Å²) in [6, 6.07) is 10.5. The van der Waals surface area contributed by atoms with Crippen molar-refractivity contribution < 1.29 is 22.8 Å². The molecule has 0 radical (unpaired) electrons. The fourth-order valence-electron chi connectivity index (χ4n) is 4.59. The molecule has 2 aromatic carbocycles. The van der Waals surface area contributed by atoms with E-state index in [1.54, 1.807) is 25.3 Å². The number of aryl methyl sites for hydroxylation is 1. The van der Waals surface area contributed by atoms with Crippen LogP contribution in [0.1, 0.15) is 40.0 Å². The zero-order valence-corrected chi connectivity index (χ0v) is 20.5. The average molecular weight is 512 g/mol. The molecule has 1 aliphatic heterocycles. The maximum Gasteiger partial charge on any atom is 0.416 e. The van der Waals surface area contributed by atoms with E-state index in [9.17, 15) is 22.8 Å². The van der Waals surface area contributed by atoms with Crippen molar-refractivity contribution >= 4 is 17.5 Å². The van der Waals surface area contributed by atoms with Crippen LogP contribution < -0.4 is 5.32 Å². The van der Waals surface area contributed by atoms with E-state index in [-0.39, 0.29) is 23.2 Å². The molecule has 0 spiro atoms. The summed E-state index contributed by atoms with van der Waals surface area (Å²) in [6.45, 7) is 4.98. The Bertz CT molecular complexity index is 1310. The number of alkyl halides is 3. The van der Waals surface area contributed by atoms with Crippen LogP contribution in [0.3, 0.4) is 0 Å². The highest BCUT2D eigenvalue weighted by Gasteiger charge is 2.35. The van der Waals surface area contributed by atoms with E-state index in [1.165, 1.54) is 17.0 Å². The molecule has 2 amide bonds. The highest BCUT2D eigenvalue weighted by Crippen LogP contribution is 2.33. The van der Waals surface area contributed by atoms with Gasteiger partial charge in [0.2, 0.25) is 5.91 Å². The summed E-state index contributed by atoms with van der Waals surface area (Å²) in [5.41, 5.74) is 1.27. The third kappa shape index (κ3) is 5.85. The van der Waals surface area contributed by atoms with Gasteiger partial charge in [-0.15, -0.1) is 0 Å². The molecule has 10 heteroatoms. The van der Waals surface area contributed by atoms with Gasteiger partial charge in [-0.05, 0) is 49.6 Å². The first-order valence-corrected chi connectivity index (χ1v) is 12.3. The van der Waals surface area contributed by atoms with E-state index < -0.39 is 17.6 Å². The van der Waals surface area contributed by atoms with Crippen LogP contribution >= 0.6 is 0 Å². The van der Waals surface area contributed by atoms with Crippen molar-refractivity contribution in [3.8, 4) is 5.69 Å². The first-order valence-electron chi connectivity index (χ1n) is 12.3. The van der Waals surface area contributed by atoms with E-state index in [1.807, 2.05) is 17.0 Å². The highest BCUT2D eigenvalue weighted by atomic mass is 19.4. The molecule has 2 heterocycles. The molecular formula is C27H28F3N5O2. The second-order valence-electron chi connectivity index (χ2n) is 9.68. The van der Waals surface area contributed by atoms with Crippen LogP contribution in [0.4, 0.5) is 18.9 Å². The number of halogens is 3. The van der Waals surface area contributed by atoms with Gasteiger partial charge in [0.25, 0.3) is 5.91 Å². The summed E-state index contributed by atoms with van der Waals surface area (Å²) in [7, 11) is 0. The molecule has 0 bridgehead atoms. The first kappa shape index (κ1) is 25.0. The van der Waals surface area contributed by atoms with Crippen molar-refractivity contribution in [2.24, 2.45) is 5.92 Å². The second-order valence-corrected chi connectivity index (χ2v) is 9.68. The Morgan fingerprint density at radius 2 is 1.78 bits per heavy atom. The number of hydrogen-bond acceptors (Lipinski definition) is 4. The van der Waals surface area contributed by atoms with Gasteiger partial charge < -0.3 is 14.8 Å². The first-order chi connectivity index (χ1) is 17.7. The van der Waals surface area contributed by atoms with Crippen LogP contribution in [0.25, 0.3) is 5.69 Å². The van der Waals surface area contributed by atoms with Gasteiger partial charge in [0.05, 0.1) is 17.6 Å². The molecule has 0 atom stereocenters. The van der Waals surface area contributed by atoms with Gasteiger partial charge in [-0.25, -0.2) is 4.98 Å². The van der Waals surface area contributed by atoms with Crippen molar-refractivity contribution in [2.75, 3.05) is 31.5 Å². The van der Waals surface area contributed by atoms with E-state index >= 15 is 0 Å². The molecule has 5 rings (SSSR count). The summed E-state index contributed by atoms with van der Waals surface area (Å²) in [4.78, 5) is 33.7. The van der Waals surface area contributed by atoms with E-state index in [2.05, 4.69) is 15.2 Å². The zero-order valence-electron chi connectivity index (χ0n) is 20.5. The Kier molecular flexibility index (Phi) is 6.76. The molecule has 3 aromatic rings. The fourth-order valence-corrected chi connectivity index (χ4v) is 4.59. The van der Waals surface area contributed by atoms with Crippen molar-refractivity contribution in [3.05, 3.63) is 77.4 Å². The molecule has 7 nitrogen and oxygen atoms in total. The molecule has 1 saturated carbocycles. The lowest BCUT2D eigenvalue weighted by molar-refractivity contribution is -0.137. The Labute approximate surface area is 212 Å². The highest BCUT2D eigenvalue weighted by molar-refractivity contribution is 6.05. The van der Waals surface area contributed by atoms with E-state index in [4.69, 9.17) is 0 Å². The topological polar surface area (TPSA) is 70.5 Å². The third-order valence-electron chi connectivity index (χ3n) is 6.78. The SMILES string of the molecule is Cc1cn(-c2cc(NC(=O)c3ccccc3CN3CCN(C(=O)C4CC4)CC3)cc(C(F)(F)F)c2)cn1. The summed E-state index contributed by atoms with van der Waals surface area (Å²) >= 11 is 0. The van der Waals surface area contributed by atoms with Gasteiger partial charge in [-0.2, -0.15) is 13.2 Å². The Balaban J connectivity index is 1.32. The molecule has 1 N–H and O–H groups in total. The number of nitrogens with zero attached hydrogens (tertiary/aromatic N) is 4. The van der Waals surface area contributed by atoms with E-state index in [0.717, 1.165) is 30.5 Å². The number of hydrogen-bond donors (Lipinski definition) is 1. The predicted molar refractivity (Wildman–Crippen MR) is 132 cm³/mol. The number of amides is 2. The molecule has 2 aliphatic rings. The van der Waals surface area contributed by atoms with Gasteiger partial charge in [-0.3, -0.25) is 14.5 Å². The molecule has 1 aliphatic carbocycles. The summed E-state index contributed by atoms with van der Waals surface area (Å²) in [5, 5.41) is 2.66.